The maximum absolute atomic E-state index is 3.72. The minimum Gasteiger partial charge on any atom is -0.307 e. The summed E-state index contributed by atoms with van der Waals surface area (Å²) in [6.07, 6.45) is 4.99. The Bertz CT molecular complexity index is 307. The SMILES string of the molecule is CCCCC(C)NC(CC)c1ccc(Br)cc1. The summed E-state index contributed by atoms with van der Waals surface area (Å²) in [6, 6.07) is 9.74. The Morgan fingerprint density at radius 3 is 2.35 bits per heavy atom. The van der Waals surface area contributed by atoms with Crippen LogP contribution in [0.25, 0.3) is 0 Å². The Labute approximate surface area is 114 Å². The molecular weight excluding hydrogens is 274 g/mol. The molecule has 0 spiro atoms. The maximum atomic E-state index is 3.72. The highest BCUT2D eigenvalue weighted by Gasteiger charge is 2.11. The van der Waals surface area contributed by atoms with Crippen molar-refractivity contribution in [1.82, 2.24) is 5.32 Å². The lowest BCUT2D eigenvalue weighted by Crippen LogP contribution is -2.30. The maximum Gasteiger partial charge on any atom is 0.0319 e. The van der Waals surface area contributed by atoms with Gasteiger partial charge < -0.3 is 5.32 Å². The van der Waals surface area contributed by atoms with Gasteiger partial charge in [0.1, 0.15) is 0 Å². The van der Waals surface area contributed by atoms with Crippen LogP contribution >= 0.6 is 15.9 Å². The van der Waals surface area contributed by atoms with E-state index in [0.29, 0.717) is 12.1 Å². The van der Waals surface area contributed by atoms with Gasteiger partial charge in [0.15, 0.2) is 0 Å². The Kier molecular flexibility index (Phi) is 6.83. The molecule has 17 heavy (non-hydrogen) atoms. The van der Waals surface area contributed by atoms with Crippen LogP contribution in [0.5, 0.6) is 0 Å². The molecule has 0 aliphatic rings. The summed E-state index contributed by atoms with van der Waals surface area (Å²) in [5, 5.41) is 3.72. The summed E-state index contributed by atoms with van der Waals surface area (Å²) in [6.45, 7) is 6.78. The van der Waals surface area contributed by atoms with Gasteiger partial charge in [-0.3, -0.25) is 0 Å². The number of benzene rings is 1. The summed E-state index contributed by atoms with van der Waals surface area (Å²) in [7, 11) is 0. The summed E-state index contributed by atoms with van der Waals surface area (Å²) in [5.41, 5.74) is 1.39. The molecule has 2 atom stereocenters. The van der Waals surface area contributed by atoms with Gasteiger partial charge in [0, 0.05) is 16.6 Å². The molecule has 1 rings (SSSR count). The van der Waals surface area contributed by atoms with Crippen LogP contribution in [0.1, 0.15) is 58.1 Å². The van der Waals surface area contributed by atoms with E-state index in [0.717, 1.165) is 10.9 Å². The highest BCUT2D eigenvalue weighted by atomic mass is 79.9. The fourth-order valence-electron chi connectivity index (χ4n) is 2.08. The van der Waals surface area contributed by atoms with Crippen LogP contribution in [0.15, 0.2) is 28.7 Å². The van der Waals surface area contributed by atoms with Crippen molar-refractivity contribution in [3.05, 3.63) is 34.3 Å². The van der Waals surface area contributed by atoms with E-state index in [2.05, 4.69) is 66.3 Å². The van der Waals surface area contributed by atoms with Crippen LogP contribution in [0.4, 0.5) is 0 Å². The molecule has 96 valence electrons. The van der Waals surface area contributed by atoms with Gasteiger partial charge in [-0.05, 0) is 37.5 Å². The van der Waals surface area contributed by atoms with Crippen LogP contribution in [-0.2, 0) is 0 Å². The second kappa shape index (κ2) is 7.88. The van der Waals surface area contributed by atoms with Gasteiger partial charge in [-0.15, -0.1) is 0 Å². The topological polar surface area (TPSA) is 12.0 Å². The molecule has 0 radical (unpaired) electrons. The highest BCUT2D eigenvalue weighted by molar-refractivity contribution is 9.10. The molecule has 0 fully saturated rings. The predicted octanol–water partition coefficient (Wildman–Crippen LogP) is 5.07. The molecule has 0 bridgehead atoms. The lowest BCUT2D eigenvalue weighted by molar-refractivity contribution is 0.418. The highest BCUT2D eigenvalue weighted by Crippen LogP contribution is 2.20. The molecule has 1 nitrogen and oxygen atoms in total. The van der Waals surface area contributed by atoms with E-state index in [9.17, 15) is 0 Å². The molecule has 0 heterocycles. The van der Waals surface area contributed by atoms with Crippen LogP contribution < -0.4 is 5.32 Å². The average Bonchev–Trinajstić information content (AvgIpc) is 2.34. The zero-order valence-electron chi connectivity index (χ0n) is 11.2. The third-order valence-electron chi connectivity index (χ3n) is 3.16. The van der Waals surface area contributed by atoms with E-state index < -0.39 is 0 Å². The van der Waals surface area contributed by atoms with E-state index in [1.54, 1.807) is 0 Å². The van der Waals surface area contributed by atoms with Crippen molar-refractivity contribution in [1.29, 1.82) is 0 Å². The first kappa shape index (κ1) is 14.7. The summed E-state index contributed by atoms with van der Waals surface area (Å²) >= 11 is 3.48. The van der Waals surface area contributed by atoms with Crippen LogP contribution in [0.3, 0.4) is 0 Å². The molecule has 2 heteroatoms. The predicted molar refractivity (Wildman–Crippen MR) is 79.3 cm³/mol. The van der Waals surface area contributed by atoms with E-state index in [4.69, 9.17) is 0 Å². The van der Waals surface area contributed by atoms with Crippen LogP contribution in [0.2, 0.25) is 0 Å². The molecular formula is C15H24BrN. The van der Waals surface area contributed by atoms with Gasteiger partial charge in [-0.2, -0.15) is 0 Å². The molecule has 0 saturated heterocycles. The van der Waals surface area contributed by atoms with Gasteiger partial charge in [0.2, 0.25) is 0 Å². The summed E-state index contributed by atoms with van der Waals surface area (Å²) < 4.78 is 1.15. The third-order valence-corrected chi connectivity index (χ3v) is 3.69. The van der Waals surface area contributed by atoms with E-state index >= 15 is 0 Å². The van der Waals surface area contributed by atoms with Crippen molar-refractivity contribution in [2.24, 2.45) is 0 Å². The number of hydrogen-bond acceptors (Lipinski definition) is 1. The second-order valence-corrected chi connectivity index (χ2v) is 5.64. The van der Waals surface area contributed by atoms with Crippen molar-refractivity contribution in [2.45, 2.75) is 58.5 Å². The van der Waals surface area contributed by atoms with Crippen molar-refractivity contribution in [3.63, 3.8) is 0 Å². The van der Waals surface area contributed by atoms with Gasteiger partial charge in [-0.25, -0.2) is 0 Å². The van der Waals surface area contributed by atoms with Crippen LogP contribution in [-0.4, -0.2) is 6.04 Å². The smallest absolute Gasteiger partial charge is 0.0319 e. The molecule has 0 amide bonds. The Balaban J connectivity index is 2.56. The number of hydrogen-bond donors (Lipinski definition) is 1. The van der Waals surface area contributed by atoms with Crippen molar-refractivity contribution in [2.75, 3.05) is 0 Å². The summed E-state index contributed by atoms with van der Waals surface area (Å²) in [4.78, 5) is 0. The quantitative estimate of drug-likeness (QED) is 0.741. The van der Waals surface area contributed by atoms with Gasteiger partial charge in [0.25, 0.3) is 0 Å². The molecule has 1 N–H and O–H groups in total. The summed E-state index contributed by atoms with van der Waals surface area (Å²) in [5.74, 6) is 0. The van der Waals surface area contributed by atoms with Crippen molar-refractivity contribution < 1.29 is 0 Å². The minimum absolute atomic E-state index is 0.481. The van der Waals surface area contributed by atoms with Gasteiger partial charge in [0.05, 0.1) is 0 Å². The van der Waals surface area contributed by atoms with E-state index in [1.165, 1.54) is 24.8 Å². The molecule has 1 aromatic carbocycles. The standard InChI is InChI=1S/C15H24BrN/c1-4-6-7-12(3)17-15(5-2)13-8-10-14(16)11-9-13/h8-12,15,17H,4-7H2,1-3H3. The Morgan fingerprint density at radius 2 is 1.82 bits per heavy atom. The fraction of sp³-hybridized carbons (Fsp3) is 0.600. The number of unbranched alkanes of at least 4 members (excludes halogenated alkanes) is 1. The molecule has 0 aromatic heterocycles. The van der Waals surface area contributed by atoms with E-state index in [-0.39, 0.29) is 0 Å². The zero-order chi connectivity index (χ0) is 12.7. The Hall–Kier alpha value is -0.340. The van der Waals surface area contributed by atoms with Gasteiger partial charge >= 0.3 is 0 Å². The average molecular weight is 298 g/mol. The second-order valence-electron chi connectivity index (χ2n) is 4.72. The first-order valence-corrected chi connectivity index (χ1v) is 7.48. The van der Waals surface area contributed by atoms with Gasteiger partial charge in [-0.1, -0.05) is 54.8 Å². The third kappa shape index (κ3) is 5.22. The van der Waals surface area contributed by atoms with E-state index in [1.807, 2.05) is 0 Å². The minimum atomic E-state index is 0.481. The Morgan fingerprint density at radius 1 is 1.18 bits per heavy atom. The first-order chi connectivity index (χ1) is 8.17. The molecule has 0 aliphatic heterocycles. The van der Waals surface area contributed by atoms with Crippen molar-refractivity contribution in [3.8, 4) is 0 Å². The zero-order valence-corrected chi connectivity index (χ0v) is 12.8. The lowest BCUT2D eigenvalue weighted by Gasteiger charge is -2.22. The number of nitrogens with one attached hydrogen (secondary N) is 1. The van der Waals surface area contributed by atoms with Crippen molar-refractivity contribution >= 4 is 15.9 Å². The molecule has 0 saturated carbocycles. The monoisotopic (exact) mass is 297 g/mol. The molecule has 0 aliphatic carbocycles. The largest absolute Gasteiger partial charge is 0.307 e. The normalized spacial score (nSPS) is 14.6. The molecule has 2 unspecified atom stereocenters. The first-order valence-electron chi connectivity index (χ1n) is 6.68. The number of halogens is 1. The lowest BCUT2D eigenvalue weighted by atomic mass is 10.0. The number of rotatable bonds is 7. The molecule has 1 aromatic rings. The fourth-order valence-corrected chi connectivity index (χ4v) is 2.35. The van der Waals surface area contributed by atoms with Crippen LogP contribution in [0, 0.1) is 0 Å².